The van der Waals surface area contributed by atoms with Gasteiger partial charge in [0.15, 0.2) is 0 Å². The van der Waals surface area contributed by atoms with Gasteiger partial charge >= 0.3 is 0 Å². The van der Waals surface area contributed by atoms with E-state index >= 15 is 0 Å². The Kier molecular flexibility index (Phi) is 5.35. The van der Waals surface area contributed by atoms with Crippen LogP contribution in [-0.4, -0.2) is 50.6 Å². The molecule has 1 amide bonds. The first-order valence-corrected chi connectivity index (χ1v) is 9.69. The summed E-state index contributed by atoms with van der Waals surface area (Å²) in [5.41, 5.74) is 3.71. The minimum absolute atomic E-state index is 0.122. The number of aryl methyl sites for hydroxylation is 3. The molecule has 1 fully saturated rings. The van der Waals surface area contributed by atoms with E-state index < -0.39 is 0 Å². The van der Waals surface area contributed by atoms with Crippen LogP contribution in [0.3, 0.4) is 0 Å². The van der Waals surface area contributed by atoms with Gasteiger partial charge in [0, 0.05) is 19.2 Å². The number of aromatic nitrogens is 4. The van der Waals surface area contributed by atoms with Crippen LogP contribution in [0, 0.1) is 13.8 Å². The Bertz CT molecular complexity index is 1030. The van der Waals surface area contributed by atoms with E-state index in [2.05, 4.69) is 15.1 Å². The fourth-order valence-electron chi connectivity index (χ4n) is 3.51. The molecule has 29 heavy (non-hydrogen) atoms. The summed E-state index contributed by atoms with van der Waals surface area (Å²) in [4.78, 5) is 27.7. The number of morpholine rings is 1. The highest BCUT2D eigenvalue weighted by molar-refractivity contribution is 5.92. The molecule has 3 aromatic heterocycles. The molecule has 0 bridgehead atoms. The van der Waals surface area contributed by atoms with E-state index in [4.69, 9.17) is 14.2 Å². The minimum Gasteiger partial charge on any atom is -0.368 e. The van der Waals surface area contributed by atoms with Crippen LogP contribution < -0.4 is 0 Å². The Morgan fingerprint density at radius 3 is 2.90 bits per heavy atom. The molecule has 1 atom stereocenters. The van der Waals surface area contributed by atoms with E-state index in [1.807, 2.05) is 32.0 Å². The van der Waals surface area contributed by atoms with E-state index in [0.717, 1.165) is 34.8 Å². The van der Waals surface area contributed by atoms with Crippen molar-refractivity contribution in [2.45, 2.75) is 33.3 Å². The molecule has 0 saturated carbocycles. The number of pyridine rings is 1. The molecule has 8 heteroatoms. The quantitative estimate of drug-likeness (QED) is 0.672. The van der Waals surface area contributed by atoms with Gasteiger partial charge in [0.1, 0.15) is 23.4 Å². The zero-order chi connectivity index (χ0) is 20.4. The Balaban J connectivity index is 1.57. The van der Waals surface area contributed by atoms with Gasteiger partial charge in [0.05, 0.1) is 35.8 Å². The van der Waals surface area contributed by atoms with Crippen LogP contribution in [0.25, 0.3) is 11.3 Å². The molecule has 150 valence electrons. The first-order chi connectivity index (χ1) is 14.1. The lowest BCUT2D eigenvalue weighted by Crippen LogP contribution is -2.42. The number of rotatable bonds is 4. The van der Waals surface area contributed by atoms with Crippen LogP contribution in [0.4, 0.5) is 0 Å². The van der Waals surface area contributed by atoms with Gasteiger partial charge in [0.2, 0.25) is 0 Å². The SMILES string of the molecule is CCc1onc(C)c1-c1cccc(C2CN(C(=O)c3ccnc(C)n3)CCO2)n1. The molecule has 4 heterocycles. The third-order valence-electron chi connectivity index (χ3n) is 4.96. The van der Waals surface area contributed by atoms with Gasteiger partial charge in [-0.3, -0.25) is 4.79 Å². The maximum Gasteiger partial charge on any atom is 0.272 e. The van der Waals surface area contributed by atoms with Crippen molar-refractivity contribution in [3.05, 3.63) is 59.1 Å². The summed E-state index contributed by atoms with van der Waals surface area (Å²) in [6.07, 6.45) is 2.04. The van der Waals surface area contributed by atoms with Crippen LogP contribution in [-0.2, 0) is 11.2 Å². The number of hydrogen-bond donors (Lipinski definition) is 0. The summed E-state index contributed by atoms with van der Waals surface area (Å²) in [5, 5.41) is 4.07. The van der Waals surface area contributed by atoms with Gasteiger partial charge in [0.25, 0.3) is 5.91 Å². The fourth-order valence-corrected chi connectivity index (χ4v) is 3.51. The number of carbonyl (C=O) groups excluding carboxylic acids is 1. The number of carbonyl (C=O) groups is 1. The lowest BCUT2D eigenvalue weighted by atomic mass is 10.1. The average Bonchev–Trinajstić information content (AvgIpc) is 3.14. The fraction of sp³-hybridized carbons (Fsp3) is 0.381. The number of amides is 1. The zero-order valence-corrected chi connectivity index (χ0v) is 16.8. The maximum absolute atomic E-state index is 12.8. The van der Waals surface area contributed by atoms with E-state index in [1.54, 1.807) is 24.1 Å². The molecule has 1 saturated heterocycles. The maximum atomic E-state index is 12.8. The molecule has 8 nitrogen and oxygen atoms in total. The van der Waals surface area contributed by atoms with Crippen molar-refractivity contribution in [1.82, 2.24) is 25.0 Å². The topological polar surface area (TPSA) is 94.2 Å². The first-order valence-electron chi connectivity index (χ1n) is 9.69. The van der Waals surface area contributed by atoms with E-state index in [-0.39, 0.29) is 12.0 Å². The third-order valence-corrected chi connectivity index (χ3v) is 4.96. The summed E-state index contributed by atoms with van der Waals surface area (Å²) < 4.78 is 11.3. The molecule has 4 rings (SSSR count). The van der Waals surface area contributed by atoms with Crippen molar-refractivity contribution in [3.63, 3.8) is 0 Å². The highest BCUT2D eigenvalue weighted by Crippen LogP contribution is 2.29. The molecule has 0 aromatic carbocycles. The molecule has 0 aliphatic carbocycles. The summed E-state index contributed by atoms with van der Waals surface area (Å²) in [6.45, 7) is 7.08. The number of ether oxygens (including phenoxy) is 1. The van der Waals surface area contributed by atoms with Gasteiger partial charge in [-0.05, 0) is 32.0 Å². The summed E-state index contributed by atoms with van der Waals surface area (Å²) in [6, 6.07) is 7.45. The average molecular weight is 393 g/mol. The monoisotopic (exact) mass is 393 g/mol. The summed E-state index contributed by atoms with van der Waals surface area (Å²) >= 11 is 0. The molecule has 3 aromatic rings. The van der Waals surface area contributed by atoms with Crippen LogP contribution in [0.5, 0.6) is 0 Å². The molecular formula is C21H23N5O3. The van der Waals surface area contributed by atoms with Crippen molar-refractivity contribution in [3.8, 4) is 11.3 Å². The van der Waals surface area contributed by atoms with Crippen LogP contribution >= 0.6 is 0 Å². The normalized spacial score (nSPS) is 16.8. The lowest BCUT2D eigenvalue weighted by molar-refractivity contribution is -0.0248. The second-order valence-corrected chi connectivity index (χ2v) is 6.97. The Hall–Kier alpha value is -3.13. The lowest BCUT2D eigenvalue weighted by Gasteiger charge is -2.32. The zero-order valence-electron chi connectivity index (χ0n) is 16.8. The van der Waals surface area contributed by atoms with Crippen LogP contribution in [0.15, 0.2) is 35.0 Å². The second-order valence-electron chi connectivity index (χ2n) is 6.97. The summed E-state index contributed by atoms with van der Waals surface area (Å²) in [5.74, 6) is 1.27. The number of nitrogens with zero attached hydrogens (tertiary/aromatic N) is 5. The molecule has 0 spiro atoms. The molecular weight excluding hydrogens is 370 g/mol. The third kappa shape index (κ3) is 3.88. The highest BCUT2D eigenvalue weighted by Gasteiger charge is 2.28. The molecule has 0 radical (unpaired) electrons. The Morgan fingerprint density at radius 1 is 1.24 bits per heavy atom. The Morgan fingerprint density at radius 2 is 2.10 bits per heavy atom. The van der Waals surface area contributed by atoms with Gasteiger partial charge in [-0.15, -0.1) is 0 Å². The minimum atomic E-state index is -0.305. The predicted molar refractivity (Wildman–Crippen MR) is 105 cm³/mol. The smallest absolute Gasteiger partial charge is 0.272 e. The van der Waals surface area contributed by atoms with E-state index in [1.165, 1.54) is 0 Å². The first kappa shape index (κ1) is 19.2. The molecule has 1 aliphatic rings. The van der Waals surface area contributed by atoms with Gasteiger partial charge in [-0.2, -0.15) is 0 Å². The predicted octanol–water partition coefficient (Wildman–Crippen LogP) is 2.92. The Labute approximate surface area is 168 Å². The van der Waals surface area contributed by atoms with E-state index in [0.29, 0.717) is 31.2 Å². The van der Waals surface area contributed by atoms with Crippen molar-refractivity contribution in [1.29, 1.82) is 0 Å². The highest BCUT2D eigenvalue weighted by atomic mass is 16.5. The second kappa shape index (κ2) is 8.08. The van der Waals surface area contributed by atoms with Crippen LogP contribution in [0.2, 0.25) is 0 Å². The van der Waals surface area contributed by atoms with Gasteiger partial charge in [-0.25, -0.2) is 15.0 Å². The van der Waals surface area contributed by atoms with Crippen molar-refractivity contribution >= 4 is 5.91 Å². The largest absolute Gasteiger partial charge is 0.368 e. The van der Waals surface area contributed by atoms with Gasteiger partial charge in [-0.1, -0.05) is 18.1 Å². The van der Waals surface area contributed by atoms with Gasteiger partial charge < -0.3 is 14.2 Å². The van der Waals surface area contributed by atoms with Crippen molar-refractivity contribution in [2.24, 2.45) is 0 Å². The standard InChI is InChI=1S/C21H23N5O3/c1-4-18-20(13(2)25-29-18)16-7-5-6-15(24-16)19-12-26(10-11-28-19)21(27)17-8-9-22-14(3)23-17/h5-9,19H,4,10-12H2,1-3H3. The van der Waals surface area contributed by atoms with E-state index in [9.17, 15) is 4.79 Å². The summed E-state index contributed by atoms with van der Waals surface area (Å²) in [7, 11) is 0. The molecule has 0 N–H and O–H groups in total. The van der Waals surface area contributed by atoms with Crippen molar-refractivity contribution in [2.75, 3.05) is 19.7 Å². The molecule has 1 aliphatic heterocycles. The van der Waals surface area contributed by atoms with Crippen molar-refractivity contribution < 1.29 is 14.1 Å². The number of hydrogen-bond acceptors (Lipinski definition) is 7. The molecule has 1 unspecified atom stereocenters. The van der Waals surface area contributed by atoms with Crippen LogP contribution in [0.1, 0.15) is 46.5 Å².